The van der Waals surface area contributed by atoms with Gasteiger partial charge in [-0.15, -0.1) is 0 Å². The van der Waals surface area contributed by atoms with Crippen molar-refractivity contribution in [1.82, 2.24) is 19.9 Å². The Morgan fingerprint density at radius 2 is 2.08 bits per heavy atom. The Labute approximate surface area is 138 Å². The number of anilines is 1. The largest absolute Gasteiger partial charge is 0.350 e. The van der Waals surface area contributed by atoms with Crippen LogP contribution in [0, 0.1) is 0 Å². The molecule has 0 aliphatic heterocycles. The number of carbonyl (C=O) groups is 2. The van der Waals surface area contributed by atoms with Gasteiger partial charge >= 0.3 is 0 Å². The standard InChI is InChI=1S/C17H17N5O2/c1-22-10-6-12-13(3-2-4-15(12)22)21-16(23)5-7-20-17(24)14-11-18-8-9-19-14/h2-4,6,8-11H,5,7H2,1H3,(H,20,24)(H,21,23). The van der Waals surface area contributed by atoms with Gasteiger partial charge in [0.15, 0.2) is 0 Å². The van der Waals surface area contributed by atoms with Crippen molar-refractivity contribution in [2.45, 2.75) is 6.42 Å². The Balaban J connectivity index is 1.55. The van der Waals surface area contributed by atoms with E-state index in [0.717, 1.165) is 16.6 Å². The second-order valence-electron chi connectivity index (χ2n) is 5.31. The van der Waals surface area contributed by atoms with Crippen molar-refractivity contribution in [1.29, 1.82) is 0 Å². The number of benzene rings is 1. The highest BCUT2D eigenvalue weighted by Crippen LogP contribution is 2.23. The predicted octanol–water partition coefficient (Wildman–Crippen LogP) is 1.73. The molecular formula is C17H17N5O2. The second kappa shape index (κ2) is 6.91. The number of hydrogen-bond donors (Lipinski definition) is 2. The molecule has 1 aromatic carbocycles. The molecule has 0 saturated heterocycles. The van der Waals surface area contributed by atoms with Gasteiger partial charge in [0.1, 0.15) is 5.69 Å². The highest BCUT2D eigenvalue weighted by molar-refractivity contribution is 6.01. The maximum atomic E-state index is 12.1. The summed E-state index contributed by atoms with van der Waals surface area (Å²) in [5, 5.41) is 6.51. The van der Waals surface area contributed by atoms with Crippen LogP contribution >= 0.6 is 0 Å². The van der Waals surface area contributed by atoms with Crippen LogP contribution in [0.4, 0.5) is 5.69 Å². The van der Waals surface area contributed by atoms with E-state index in [1.807, 2.05) is 42.1 Å². The van der Waals surface area contributed by atoms with Crippen molar-refractivity contribution in [2.75, 3.05) is 11.9 Å². The average molecular weight is 323 g/mol. The minimum atomic E-state index is -0.346. The van der Waals surface area contributed by atoms with Crippen LogP contribution in [-0.4, -0.2) is 32.9 Å². The number of amides is 2. The Hall–Kier alpha value is -3.22. The van der Waals surface area contributed by atoms with Gasteiger partial charge in [0.05, 0.1) is 11.9 Å². The van der Waals surface area contributed by atoms with Crippen molar-refractivity contribution >= 4 is 28.4 Å². The molecule has 0 bridgehead atoms. The summed E-state index contributed by atoms with van der Waals surface area (Å²) < 4.78 is 1.99. The molecular weight excluding hydrogens is 306 g/mol. The number of carbonyl (C=O) groups excluding carboxylic acids is 2. The average Bonchev–Trinajstić information content (AvgIpc) is 2.98. The van der Waals surface area contributed by atoms with E-state index in [0.29, 0.717) is 0 Å². The van der Waals surface area contributed by atoms with Crippen LogP contribution in [0.3, 0.4) is 0 Å². The molecule has 0 atom stereocenters. The highest BCUT2D eigenvalue weighted by Gasteiger charge is 2.10. The fraction of sp³-hybridized carbons (Fsp3) is 0.176. The minimum Gasteiger partial charge on any atom is -0.350 e. The van der Waals surface area contributed by atoms with Gasteiger partial charge in [-0.25, -0.2) is 4.98 Å². The van der Waals surface area contributed by atoms with Crippen LogP contribution in [0.1, 0.15) is 16.9 Å². The molecule has 3 aromatic rings. The van der Waals surface area contributed by atoms with E-state index in [1.54, 1.807) is 0 Å². The smallest absolute Gasteiger partial charge is 0.271 e. The first-order valence-electron chi connectivity index (χ1n) is 7.53. The number of hydrogen-bond acceptors (Lipinski definition) is 4. The van der Waals surface area contributed by atoms with Gasteiger partial charge in [-0.3, -0.25) is 14.6 Å². The molecule has 7 nitrogen and oxygen atoms in total. The topological polar surface area (TPSA) is 88.9 Å². The molecule has 0 spiro atoms. The maximum absolute atomic E-state index is 12.1. The highest BCUT2D eigenvalue weighted by atomic mass is 16.2. The Morgan fingerprint density at radius 1 is 1.21 bits per heavy atom. The lowest BCUT2D eigenvalue weighted by Gasteiger charge is -2.08. The van der Waals surface area contributed by atoms with Crippen LogP contribution in [-0.2, 0) is 11.8 Å². The summed E-state index contributed by atoms with van der Waals surface area (Å²) >= 11 is 0. The summed E-state index contributed by atoms with van der Waals surface area (Å²) in [6, 6.07) is 7.71. The number of nitrogens with one attached hydrogen (secondary N) is 2. The SMILES string of the molecule is Cn1ccc2c(NC(=O)CCNC(=O)c3cnccn3)cccc21. The Bertz CT molecular complexity index is 873. The third-order valence-electron chi connectivity index (χ3n) is 3.64. The fourth-order valence-electron chi connectivity index (χ4n) is 2.42. The predicted molar refractivity (Wildman–Crippen MR) is 90.5 cm³/mol. The van der Waals surface area contributed by atoms with Crippen LogP contribution in [0.2, 0.25) is 0 Å². The third kappa shape index (κ3) is 3.40. The van der Waals surface area contributed by atoms with Crippen LogP contribution in [0.25, 0.3) is 10.9 Å². The first-order chi connectivity index (χ1) is 11.6. The van der Waals surface area contributed by atoms with Crippen molar-refractivity contribution in [3.63, 3.8) is 0 Å². The zero-order valence-corrected chi connectivity index (χ0v) is 13.2. The molecule has 2 N–H and O–H groups in total. The van der Waals surface area contributed by atoms with Crippen molar-refractivity contribution in [3.05, 3.63) is 54.7 Å². The molecule has 0 aliphatic rings. The molecule has 0 radical (unpaired) electrons. The summed E-state index contributed by atoms with van der Waals surface area (Å²) in [5.74, 6) is -0.508. The Morgan fingerprint density at radius 3 is 2.88 bits per heavy atom. The molecule has 0 fully saturated rings. The van der Waals surface area contributed by atoms with Crippen LogP contribution in [0.15, 0.2) is 49.1 Å². The lowest BCUT2D eigenvalue weighted by molar-refractivity contribution is -0.116. The van der Waals surface area contributed by atoms with Gasteiger partial charge in [-0.1, -0.05) is 6.07 Å². The monoisotopic (exact) mass is 323 g/mol. The van der Waals surface area contributed by atoms with E-state index in [2.05, 4.69) is 20.6 Å². The second-order valence-corrected chi connectivity index (χ2v) is 5.31. The van der Waals surface area contributed by atoms with Gasteiger partial charge in [0, 0.05) is 49.5 Å². The van der Waals surface area contributed by atoms with Crippen molar-refractivity contribution in [3.8, 4) is 0 Å². The summed E-state index contributed by atoms with van der Waals surface area (Å²) in [5.41, 5.74) is 2.04. The zero-order valence-electron chi connectivity index (χ0n) is 13.2. The fourth-order valence-corrected chi connectivity index (χ4v) is 2.42. The van der Waals surface area contributed by atoms with Gasteiger partial charge in [-0.2, -0.15) is 0 Å². The van der Waals surface area contributed by atoms with E-state index in [1.165, 1.54) is 18.6 Å². The zero-order chi connectivity index (χ0) is 16.9. The van der Waals surface area contributed by atoms with Gasteiger partial charge < -0.3 is 15.2 Å². The first-order valence-corrected chi connectivity index (χ1v) is 7.53. The van der Waals surface area contributed by atoms with Gasteiger partial charge in [0.2, 0.25) is 5.91 Å². The van der Waals surface area contributed by atoms with Gasteiger partial charge in [0.25, 0.3) is 5.91 Å². The molecule has 7 heteroatoms. The number of fused-ring (bicyclic) bond motifs is 1. The number of aromatic nitrogens is 3. The first kappa shape index (κ1) is 15.7. The normalized spacial score (nSPS) is 10.5. The van der Waals surface area contributed by atoms with E-state index < -0.39 is 0 Å². The van der Waals surface area contributed by atoms with Gasteiger partial charge in [-0.05, 0) is 18.2 Å². The molecule has 3 rings (SSSR count). The van der Waals surface area contributed by atoms with Crippen LogP contribution < -0.4 is 10.6 Å². The summed E-state index contributed by atoms with van der Waals surface area (Å²) in [4.78, 5) is 31.6. The molecule has 0 unspecified atom stereocenters. The molecule has 24 heavy (non-hydrogen) atoms. The molecule has 2 amide bonds. The maximum Gasteiger partial charge on any atom is 0.271 e. The van der Waals surface area contributed by atoms with E-state index in [9.17, 15) is 9.59 Å². The van der Waals surface area contributed by atoms with E-state index >= 15 is 0 Å². The third-order valence-corrected chi connectivity index (χ3v) is 3.64. The van der Waals surface area contributed by atoms with E-state index in [-0.39, 0.29) is 30.5 Å². The number of rotatable bonds is 5. The number of nitrogens with zero attached hydrogens (tertiary/aromatic N) is 3. The summed E-state index contributed by atoms with van der Waals surface area (Å²) in [7, 11) is 1.95. The minimum absolute atomic E-state index is 0.161. The van der Waals surface area contributed by atoms with Crippen molar-refractivity contribution in [2.24, 2.45) is 7.05 Å². The Kier molecular flexibility index (Phi) is 4.51. The van der Waals surface area contributed by atoms with Crippen LogP contribution in [0.5, 0.6) is 0 Å². The van der Waals surface area contributed by atoms with E-state index in [4.69, 9.17) is 0 Å². The summed E-state index contributed by atoms with van der Waals surface area (Å²) in [6.45, 7) is 0.228. The molecule has 2 heterocycles. The quantitative estimate of drug-likeness (QED) is 0.748. The summed E-state index contributed by atoms with van der Waals surface area (Å²) in [6.07, 6.45) is 6.44. The lowest BCUT2D eigenvalue weighted by atomic mass is 10.2. The van der Waals surface area contributed by atoms with Crippen molar-refractivity contribution < 1.29 is 9.59 Å². The molecule has 0 aliphatic carbocycles. The lowest BCUT2D eigenvalue weighted by Crippen LogP contribution is -2.28. The molecule has 0 saturated carbocycles. The molecule has 122 valence electrons. The number of aryl methyl sites for hydroxylation is 1. The molecule has 2 aromatic heterocycles.